The fourth-order valence-corrected chi connectivity index (χ4v) is 3.46. The van der Waals surface area contributed by atoms with Gasteiger partial charge in [0.05, 0.1) is 12.0 Å². The van der Waals surface area contributed by atoms with Crippen LogP contribution in [0, 0.1) is 10.1 Å². The second-order valence-corrected chi connectivity index (χ2v) is 6.38. The maximum absolute atomic E-state index is 11.2. The molecule has 26 heavy (non-hydrogen) atoms. The van der Waals surface area contributed by atoms with E-state index in [-0.39, 0.29) is 29.9 Å². The average Bonchev–Trinajstić information content (AvgIpc) is 2.63. The number of methoxy groups -OCH3 is 1. The summed E-state index contributed by atoms with van der Waals surface area (Å²) in [6.07, 6.45) is 0. The lowest BCUT2D eigenvalue weighted by Crippen LogP contribution is -2.45. The average molecular weight is 398 g/mol. The minimum atomic E-state index is -0.411. The first-order valence-electron chi connectivity index (χ1n) is 8.10. The van der Waals surface area contributed by atoms with Gasteiger partial charge in [0.25, 0.3) is 0 Å². The minimum absolute atomic E-state index is 0. The van der Waals surface area contributed by atoms with Gasteiger partial charge in [-0.15, -0.1) is 12.4 Å². The number of nitrogens with one attached hydrogen (secondary N) is 1. The smallest absolute Gasteiger partial charge is 0.311 e. The highest BCUT2D eigenvalue weighted by atomic mass is 35.5. The fourth-order valence-electron chi connectivity index (χ4n) is 3.20. The van der Waals surface area contributed by atoms with Crippen molar-refractivity contribution in [2.45, 2.75) is 12.6 Å². The van der Waals surface area contributed by atoms with Crippen LogP contribution in [0.3, 0.4) is 0 Å². The predicted molar refractivity (Wildman–Crippen MR) is 104 cm³/mol. The van der Waals surface area contributed by atoms with Crippen LogP contribution in [0.15, 0.2) is 42.5 Å². The van der Waals surface area contributed by atoms with E-state index in [2.05, 4.69) is 10.2 Å². The summed E-state index contributed by atoms with van der Waals surface area (Å²) in [5, 5.41) is 15.4. The van der Waals surface area contributed by atoms with E-state index < -0.39 is 4.92 Å². The van der Waals surface area contributed by atoms with Gasteiger partial charge in [-0.05, 0) is 23.3 Å². The molecule has 3 rings (SSSR count). The first-order chi connectivity index (χ1) is 12.1. The first-order valence-corrected chi connectivity index (χ1v) is 8.48. The van der Waals surface area contributed by atoms with Gasteiger partial charge in [0.1, 0.15) is 0 Å². The molecule has 1 saturated heterocycles. The lowest BCUT2D eigenvalue weighted by molar-refractivity contribution is -0.385. The van der Waals surface area contributed by atoms with Crippen LogP contribution in [0.1, 0.15) is 17.2 Å². The molecule has 1 aliphatic heterocycles. The molecule has 0 aromatic heterocycles. The quantitative estimate of drug-likeness (QED) is 0.613. The van der Waals surface area contributed by atoms with Gasteiger partial charge >= 0.3 is 5.69 Å². The van der Waals surface area contributed by atoms with Gasteiger partial charge in [0, 0.05) is 43.3 Å². The number of piperazine rings is 1. The number of halogens is 2. The number of nitrogens with zero attached hydrogens (tertiary/aromatic N) is 2. The molecule has 1 atom stereocenters. The Morgan fingerprint density at radius 1 is 1.35 bits per heavy atom. The number of benzene rings is 2. The van der Waals surface area contributed by atoms with Crippen molar-refractivity contribution >= 4 is 29.7 Å². The number of nitro groups is 1. The summed E-state index contributed by atoms with van der Waals surface area (Å²) >= 11 is 6.37. The maximum Gasteiger partial charge on any atom is 0.311 e. The molecule has 0 radical (unpaired) electrons. The Morgan fingerprint density at radius 2 is 2.12 bits per heavy atom. The van der Waals surface area contributed by atoms with Crippen molar-refractivity contribution in [1.82, 2.24) is 10.2 Å². The minimum Gasteiger partial charge on any atom is -0.490 e. The topological polar surface area (TPSA) is 67.6 Å². The standard InChI is InChI=1S/C18H20ClN3O3.ClH/c1-25-18-7-6-13(10-16(18)22(23)24)12-21-9-8-20-11-17(21)14-4-2-3-5-15(14)19;/h2-7,10,17,20H,8-9,11-12H2,1H3;1H. The summed E-state index contributed by atoms with van der Waals surface area (Å²) in [6, 6.07) is 13.1. The van der Waals surface area contributed by atoms with Gasteiger partial charge in [-0.2, -0.15) is 0 Å². The predicted octanol–water partition coefficient (Wildman–Crippen LogP) is 3.83. The summed E-state index contributed by atoms with van der Waals surface area (Å²) in [5.41, 5.74) is 1.94. The van der Waals surface area contributed by atoms with Crippen LogP contribution in [-0.2, 0) is 6.54 Å². The van der Waals surface area contributed by atoms with Crippen LogP contribution < -0.4 is 10.1 Å². The van der Waals surface area contributed by atoms with Gasteiger partial charge < -0.3 is 10.1 Å². The van der Waals surface area contributed by atoms with E-state index in [1.807, 2.05) is 30.3 Å². The monoisotopic (exact) mass is 397 g/mol. The Hall–Kier alpha value is -1.86. The third kappa shape index (κ3) is 4.45. The Bertz CT molecular complexity index is 773. The second kappa shape index (κ2) is 9.19. The molecule has 1 fully saturated rings. The summed E-state index contributed by atoms with van der Waals surface area (Å²) in [7, 11) is 1.44. The van der Waals surface area contributed by atoms with Crippen molar-refractivity contribution in [2.24, 2.45) is 0 Å². The van der Waals surface area contributed by atoms with Crippen molar-refractivity contribution in [3.8, 4) is 5.75 Å². The molecule has 140 valence electrons. The Balaban J connectivity index is 0.00000243. The summed E-state index contributed by atoms with van der Waals surface area (Å²) in [5.74, 6) is 0.275. The van der Waals surface area contributed by atoms with Crippen LogP contribution in [-0.4, -0.2) is 36.6 Å². The van der Waals surface area contributed by atoms with Crippen molar-refractivity contribution in [3.63, 3.8) is 0 Å². The van der Waals surface area contributed by atoms with Gasteiger partial charge in [-0.1, -0.05) is 35.9 Å². The number of ether oxygens (including phenoxy) is 1. The van der Waals surface area contributed by atoms with Crippen molar-refractivity contribution < 1.29 is 9.66 Å². The fraction of sp³-hybridized carbons (Fsp3) is 0.333. The summed E-state index contributed by atoms with van der Waals surface area (Å²) in [4.78, 5) is 13.1. The molecule has 2 aromatic rings. The maximum atomic E-state index is 11.2. The van der Waals surface area contributed by atoms with Crippen LogP contribution in [0.5, 0.6) is 5.75 Å². The van der Waals surface area contributed by atoms with E-state index in [0.717, 1.165) is 35.8 Å². The zero-order valence-corrected chi connectivity index (χ0v) is 15.9. The van der Waals surface area contributed by atoms with Gasteiger partial charge in [-0.3, -0.25) is 15.0 Å². The SMILES string of the molecule is COc1ccc(CN2CCNCC2c2ccccc2Cl)cc1[N+](=O)[O-].Cl. The lowest BCUT2D eigenvalue weighted by Gasteiger charge is -2.37. The molecule has 0 amide bonds. The Kier molecular flexibility index (Phi) is 7.23. The molecule has 0 aliphatic carbocycles. The van der Waals surface area contributed by atoms with E-state index in [1.165, 1.54) is 7.11 Å². The van der Waals surface area contributed by atoms with Crippen molar-refractivity contribution in [2.75, 3.05) is 26.7 Å². The molecule has 0 spiro atoms. The molecule has 6 nitrogen and oxygen atoms in total. The van der Waals surface area contributed by atoms with E-state index in [9.17, 15) is 10.1 Å². The molecule has 1 heterocycles. The number of nitro benzene ring substituents is 1. The molecule has 0 bridgehead atoms. The normalized spacial score (nSPS) is 17.4. The highest BCUT2D eigenvalue weighted by Gasteiger charge is 2.26. The third-order valence-corrected chi connectivity index (χ3v) is 4.79. The highest BCUT2D eigenvalue weighted by molar-refractivity contribution is 6.31. The first kappa shape index (κ1) is 20.5. The van der Waals surface area contributed by atoms with Crippen LogP contribution >= 0.6 is 24.0 Å². The number of hydrogen-bond donors (Lipinski definition) is 1. The van der Waals surface area contributed by atoms with Crippen LogP contribution in [0.25, 0.3) is 0 Å². The van der Waals surface area contributed by atoms with E-state index in [0.29, 0.717) is 6.54 Å². The second-order valence-electron chi connectivity index (χ2n) is 5.98. The molecular formula is C18H21Cl2N3O3. The Labute approximate surface area is 163 Å². The molecule has 1 unspecified atom stereocenters. The van der Waals surface area contributed by atoms with Crippen LogP contribution in [0.2, 0.25) is 5.02 Å². The zero-order valence-electron chi connectivity index (χ0n) is 14.4. The van der Waals surface area contributed by atoms with E-state index in [1.54, 1.807) is 12.1 Å². The molecule has 8 heteroatoms. The summed E-state index contributed by atoms with van der Waals surface area (Å²) in [6.45, 7) is 3.12. The number of hydrogen-bond acceptors (Lipinski definition) is 5. The molecule has 2 aromatic carbocycles. The summed E-state index contributed by atoms with van der Waals surface area (Å²) < 4.78 is 5.08. The molecule has 1 aliphatic rings. The Morgan fingerprint density at radius 3 is 2.81 bits per heavy atom. The third-order valence-electron chi connectivity index (χ3n) is 4.44. The van der Waals surface area contributed by atoms with Gasteiger partial charge in [0.15, 0.2) is 5.75 Å². The van der Waals surface area contributed by atoms with E-state index >= 15 is 0 Å². The van der Waals surface area contributed by atoms with Gasteiger partial charge in [0.2, 0.25) is 0 Å². The molecule has 0 saturated carbocycles. The number of rotatable bonds is 5. The van der Waals surface area contributed by atoms with Crippen molar-refractivity contribution in [1.29, 1.82) is 0 Å². The molecular weight excluding hydrogens is 377 g/mol. The van der Waals surface area contributed by atoms with Gasteiger partial charge in [-0.25, -0.2) is 0 Å². The van der Waals surface area contributed by atoms with E-state index in [4.69, 9.17) is 16.3 Å². The lowest BCUT2D eigenvalue weighted by atomic mass is 10.0. The zero-order chi connectivity index (χ0) is 17.8. The largest absolute Gasteiger partial charge is 0.490 e. The highest BCUT2D eigenvalue weighted by Crippen LogP contribution is 2.32. The van der Waals surface area contributed by atoms with Crippen LogP contribution in [0.4, 0.5) is 5.69 Å². The van der Waals surface area contributed by atoms with Crippen molar-refractivity contribution in [3.05, 3.63) is 68.7 Å². The molecule has 1 N–H and O–H groups in total.